The minimum absolute atomic E-state index is 0. The molecule has 5 atom stereocenters. The number of ether oxygens (including phenoxy) is 2. The Morgan fingerprint density at radius 3 is 2.11 bits per heavy atom. The second-order valence-electron chi connectivity index (χ2n) is 5.69. The summed E-state index contributed by atoms with van der Waals surface area (Å²) in [6.45, 7) is -0.310. The third kappa shape index (κ3) is 9.18. The van der Waals surface area contributed by atoms with Gasteiger partial charge in [0.25, 0.3) is 0 Å². The van der Waals surface area contributed by atoms with Crippen LogP contribution in [0.4, 0.5) is 0 Å². The van der Waals surface area contributed by atoms with Gasteiger partial charge in [-0.3, -0.25) is 0 Å². The van der Waals surface area contributed by atoms with Gasteiger partial charge in [0.15, 0.2) is 6.29 Å². The molecule has 1 aliphatic rings. The summed E-state index contributed by atoms with van der Waals surface area (Å²) in [5.41, 5.74) is 0.879. The van der Waals surface area contributed by atoms with Gasteiger partial charge in [0.2, 0.25) is 0 Å². The van der Waals surface area contributed by atoms with Crippen LogP contribution in [0.5, 0.6) is 0 Å². The molecule has 1 saturated heterocycles. The van der Waals surface area contributed by atoms with E-state index in [1.54, 1.807) is 0 Å². The second-order valence-corrected chi connectivity index (χ2v) is 5.69. The molecule has 3 rings (SSSR count). The van der Waals surface area contributed by atoms with E-state index in [0.29, 0.717) is 0 Å². The standard InChI is InChI=1S/C17H20O6.4Ac/c18-8-13-14(19)16(15(20)17(21)23-13)22-9-10-5-6-11-3-1-2-4-12(11)7-10;;;;/h1-7,13-21H,8-9H2;;;;/t13?,14-,15?,16-,17?;;;;/m0..../s1. The van der Waals surface area contributed by atoms with Crippen molar-refractivity contribution in [2.45, 2.75) is 37.3 Å². The summed E-state index contributed by atoms with van der Waals surface area (Å²) in [5.74, 6) is 0. The first kappa shape index (κ1) is 33.4. The van der Waals surface area contributed by atoms with Gasteiger partial charge in [0.05, 0.1) is 13.2 Å². The molecule has 10 heteroatoms. The molecule has 136 valence electrons. The van der Waals surface area contributed by atoms with Gasteiger partial charge < -0.3 is 29.9 Å². The molecule has 0 amide bonds. The Kier molecular flexibility index (Phi) is 20.8. The molecule has 1 fully saturated rings. The largest absolute Gasteiger partial charge is 0.394 e. The zero-order chi connectivity index (χ0) is 16.4. The first-order valence-corrected chi connectivity index (χ1v) is 7.50. The van der Waals surface area contributed by atoms with Crippen LogP contribution in [0.15, 0.2) is 42.5 Å². The number of aliphatic hydroxyl groups excluding tert-OH is 4. The Balaban J connectivity index is 0. The van der Waals surface area contributed by atoms with Crippen LogP contribution in [0.3, 0.4) is 0 Å². The molecule has 4 radical (unpaired) electrons. The average Bonchev–Trinajstić information content (AvgIpc) is 2.58. The molecule has 3 unspecified atom stereocenters. The quantitative estimate of drug-likeness (QED) is 0.349. The first-order valence-electron chi connectivity index (χ1n) is 7.50. The second kappa shape index (κ2) is 16.8. The molecule has 0 spiro atoms. The van der Waals surface area contributed by atoms with Crippen molar-refractivity contribution in [3.63, 3.8) is 0 Å². The summed E-state index contributed by atoms with van der Waals surface area (Å²) in [4.78, 5) is 0. The molecule has 2 aromatic rings. The van der Waals surface area contributed by atoms with Gasteiger partial charge in [-0.15, -0.1) is 0 Å². The van der Waals surface area contributed by atoms with Gasteiger partial charge in [-0.05, 0) is 22.4 Å². The molecule has 0 aromatic heterocycles. The Labute approximate surface area is 301 Å². The monoisotopic (exact) mass is 1230 g/mol. The van der Waals surface area contributed by atoms with E-state index in [2.05, 4.69) is 0 Å². The molecule has 0 saturated carbocycles. The van der Waals surface area contributed by atoms with Gasteiger partial charge in [-0.25, -0.2) is 0 Å². The van der Waals surface area contributed by atoms with Crippen molar-refractivity contribution in [2.24, 2.45) is 0 Å². The maximum atomic E-state index is 10.1. The molecule has 27 heavy (non-hydrogen) atoms. The van der Waals surface area contributed by atoms with Gasteiger partial charge in [-0.2, -0.15) is 0 Å². The molecular weight excluding hydrogens is 1210 g/mol. The van der Waals surface area contributed by atoms with Gasteiger partial charge in [0.1, 0.15) is 24.4 Å². The molecule has 0 aliphatic carbocycles. The normalized spacial score (nSPS) is 26.7. The fourth-order valence-corrected chi connectivity index (χ4v) is 2.79. The summed E-state index contributed by atoms with van der Waals surface area (Å²) in [5, 5.41) is 41.0. The van der Waals surface area contributed by atoms with Crippen LogP contribution in [0, 0.1) is 176 Å². The maximum absolute atomic E-state index is 10.1. The van der Waals surface area contributed by atoms with Crippen molar-refractivity contribution in [1.29, 1.82) is 0 Å². The number of fused-ring (bicyclic) bond motifs is 1. The van der Waals surface area contributed by atoms with Gasteiger partial charge >= 0.3 is 0 Å². The summed E-state index contributed by atoms with van der Waals surface area (Å²) in [6, 6.07) is 13.7. The Hall–Kier alpha value is 4.23. The smallest absolute Gasteiger partial charge is 0.184 e. The van der Waals surface area contributed by atoms with Crippen molar-refractivity contribution >= 4 is 10.8 Å². The van der Waals surface area contributed by atoms with Gasteiger partial charge in [0, 0.05) is 176 Å². The fraction of sp³-hybridized carbons (Fsp3) is 0.412. The molecule has 1 heterocycles. The summed E-state index contributed by atoms with van der Waals surface area (Å²) in [6.07, 6.45) is -6.14. The number of aliphatic hydroxyl groups is 4. The molecule has 0 bridgehead atoms. The molecule has 4 N–H and O–H groups in total. The van der Waals surface area contributed by atoms with Crippen LogP contribution in [0.2, 0.25) is 0 Å². The summed E-state index contributed by atoms with van der Waals surface area (Å²) in [7, 11) is 0. The Bertz CT molecular complexity index is 677. The van der Waals surface area contributed by atoms with E-state index >= 15 is 0 Å². The van der Waals surface area contributed by atoms with Crippen LogP contribution in [-0.2, 0) is 16.1 Å². The molecule has 1 aliphatic heterocycles. The van der Waals surface area contributed by atoms with Gasteiger partial charge in [-0.1, -0.05) is 36.4 Å². The average molecular weight is 1230 g/mol. The number of hydrogen-bond donors (Lipinski definition) is 4. The van der Waals surface area contributed by atoms with E-state index in [1.807, 2.05) is 42.5 Å². The summed E-state index contributed by atoms with van der Waals surface area (Å²) >= 11 is 0. The first-order chi connectivity index (χ1) is 11.1. The van der Waals surface area contributed by atoms with Crippen LogP contribution >= 0.6 is 0 Å². The van der Waals surface area contributed by atoms with Crippen LogP contribution < -0.4 is 0 Å². The van der Waals surface area contributed by atoms with Crippen molar-refractivity contribution in [3.05, 3.63) is 48.0 Å². The van der Waals surface area contributed by atoms with E-state index < -0.39 is 37.3 Å². The van der Waals surface area contributed by atoms with E-state index in [4.69, 9.17) is 14.6 Å². The molecule has 6 nitrogen and oxygen atoms in total. The Morgan fingerprint density at radius 2 is 1.48 bits per heavy atom. The SMILES string of the molecule is OCC1OC(O)C(O)[C@@H](OCc2ccc3ccccc3c2)[C@H]1O.[Ac].[Ac].[Ac].[Ac]. The van der Waals surface area contributed by atoms with Crippen LogP contribution in [0.1, 0.15) is 5.56 Å². The Morgan fingerprint density at radius 1 is 0.852 bits per heavy atom. The predicted molar refractivity (Wildman–Crippen MR) is 82.5 cm³/mol. The zero-order valence-electron chi connectivity index (χ0n) is 14.8. The zero-order valence-corrected chi connectivity index (χ0v) is 33.7. The summed E-state index contributed by atoms with van der Waals surface area (Å²) < 4.78 is 10.5. The van der Waals surface area contributed by atoms with Crippen molar-refractivity contribution in [3.8, 4) is 0 Å². The van der Waals surface area contributed by atoms with E-state index in [9.17, 15) is 15.3 Å². The molecule has 2 aromatic carbocycles. The van der Waals surface area contributed by atoms with E-state index in [1.165, 1.54) is 0 Å². The predicted octanol–water partition coefficient (Wildman–Crippen LogP) is 0.156. The van der Waals surface area contributed by atoms with Crippen LogP contribution in [-0.4, -0.2) is 57.7 Å². The number of benzene rings is 2. The van der Waals surface area contributed by atoms with E-state index in [-0.39, 0.29) is 183 Å². The number of hydrogen-bond acceptors (Lipinski definition) is 6. The topological polar surface area (TPSA) is 99.4 Å². The molecular formula is C17H20Ac4O6. The minimum atomic E-state index is -1.50. The fourth-order valence-electron chi connectivity index (χ4n) is 2.79. The third-order valence-corrected chi connectivity index (χ3v) is 4.10. The van der Waals surface area contributed by atoms with Crippen LogP contribution in [0.25, 0.3) is 10.8 Å². The minimum Gasteiger partial charge on any atom is -0.394 e. The van der Waals surface area contributed by atoms with E-state index in [0.717, 1.165) is 16.3 Å². The maximum Gasteiger partial charge on any atom is 0.184 e. The van der Waals surface area contributed by atoms with Crippen molar-refractivity contribution < 1.29 is 206 Å². The van der Waals surface area contributed by atoms with Crippen molar-refractivity contribution in [1.82, 2.24) is 0 Å². The van der Waals surface area contributed by atoms with Crippen molar-refractivity contribution in [2.75, 3.05) is 6.61 Å². The number of rotatable bonds is 4. The third-order valence-electron chi connectivity index (χ3n) is 4.10.